The van der Waals surface area contributed by atoms with Crippen LogP contribution in [0.4, 0.5) is 0 Å². The molecule has 2 aliphatic rings. The van der Waals surface area contributed by atoms with Crippen LogP contribution in [0.2, 0.25) is 0 Å². The van der Waals surface area contributed by atoms with Gasteiger partial charge >= 0.3 is 0 Å². The summed E-state index contributed by atoms with van der Waals surface area (Å²) in [4.78, 5) is 0. The van der Waals surface area contributed by atoms with E-state index in [1.165, 1.54) is 0 Å². The molecule has 2 heterocycles. The molecule has 0 aromatic heterocycles. The fourth-order valence-electron chi connectivity index (χ4n) is 2.71. The van der Waals surface area contributed by atoms with Crippen LogP contribution in [-0.2, 0) is 6.54 Å². The van der Waals surface area contributed by atoms with Crippen molar-refractivity contribution >= 4 is 0 Å². The summed E-state index contributed by atoms with van der Waals surface area (Å²) in [5.41, 5.74) is 1.12. The minimum Gasteiger partial charge on any atom is -0.490 e. The van der Waals surface area contributed by atoms with Gasteiger partial charge in [-0.2, -0.15) is 0 Å². The number of hydrogen-bond donors (Lipinski definition) is 3. The van der Waals surface area contributed by atoms with Gasteiger partial charge in [-0.25, -0.2) is 0 Å². The molecule has 2 aliphatic heterocycles. The average Bonchev–Trinajstić information content (AvgIpc) is 2.73. The molecule has 2 unspecified atom stereocenters. The highest BCUT2D eigenvalue weighted by molar-refractivity contribution is 5.47. The Morgan fingerprint density at radius 3 is 3.00 bits per heavy atom. The number of fused-ring (bicyclic) bond motifs is 1. The smallest absolute Gasteiger partial charge is 0.165 e. The fraction of sp³-hybridized carbons (Fsp3) is 0.600. The molecule has 20 heavy (non-hydrogen) atoms. The van der Waals surface area contributed by atoms with Crippen LogP contribution >= 0.6 is 0 Å². The molecule has 1 aromatic rings. The molecular formula is C15H22N2O3. The highest BCUT2D eigenvalue weighted by atomic mass is 16.5. The van der Waals surface area contributed by atoms with Gasteiger partial charge in [-0.15, -0.1) is 0 Å². The van der Waals surface area contributed by atoms with Gasteiger partial charge in [0.05, 0.1) is 19.3 Å². The number of hydrogen-bond acceptors (Lipinski definition) is 5. The van der Waals surface area contributed by atoms with Gasteiger partial charge < -0.3 is 25.2 Å². The minimum absolute atomic E-state index is 0.241. The first-order valence-corrected chi connectivity index (χ1v) is 7.31. The number of β-amino-alcohol motifs (C(OH)–C–C–N with tert-alkyl or cyclic N) is 1. The van der Waals surface area contributed by atoms with Crippen molar-refractivity contribution in [2.24, 2.45) is 5.92 Å². The van der Waals surface area contributed by atoms with E-state index in [4.69, 9.17) is 9.47 Å². The third-order valence-corrected chi connectivity index (χ3v) is 3.88. The second-order valence-electron chi connectivity index (χ2n) is 5.41. The molecule has 3 N–H and O–H groups in total. The van der Waals surface area contributed by atoms with Crippen LogP contribution in [0.25, 0.3) is 0 Å². The summed E-state index contributed by atoms with van der Waals surface area (Å²) in [5, 5.41) is 16.4. The Kier molecular flexibility index (Phi) is 4.40. The molecule has 0 saturated carbocycles. The van der Waals surface area contributed by atoms with Crippen LogP contribution in [0, 0.1) is 5.92 Å². The van der Waals surface area contributed by atoms with E-state index in [1.807, 2.05) is 12.1 Å². The Morgan fingerprint density at radius 1 is 1.25 bits per heavy atom. The topological polar surface area (TPSA) is 62.8 Å². The molecule has 5 heteroatoms. The van der Waals surface area contributed by atoms with Crippen LogP contribution in [0.15, 0.2) is 18.2 Å². The van der Waals surface area contributed by atoms with Crippen LogP contribution in [0.5, 0.6) is 11.5 Å². The first-order valence-electron chi connectivity index (χ1n) is 7.31. The Labute approximate surface area is 119 Å². The maximum Gasteiger partial charge on any atom is 0.165 e. The molecule has 3 rings (SSSR count). The van der Waals surface area contributed by atoms with Crippen LogP contribution < -0.4 is 20.1 Å². The summed E-state index contributed by atoms with van der Waals surface area (Å²) in [7, 11) is 0. The number of aliphatic hydroxyl groups excluding tert-OH is 1. The Hall–Kier alpha value is -1.30. The van der Waals surface area contributed by atoms with Crippen LogP contribution in [0.3, 0.4) is 0 Å². The highest BCUT2D eigenvalue weighted by Gasteiger charge is 2.24. The summed E-state index contributed by atoms with van der Waals surface area (Å²) in [6, 6.07) is 6.01. The summed E-state index contributed by atoms with van der Waals surface area (Å²) in [5.74, 6) is 1.99. The molecule has 0 bridgehead atoms. The van der Waals surface area contributed by atoms with Crippen molar-refractivity contribution in [2.75, 3.05) is 32.8 Å². The number of ether oxygens (including phenoxy) is 2. The average molecular weight is 278 g/mol. The second-order valence-corrected chi connectivity index (χ2v) is 5.41. The maximum atomic E-state index is 9.77. The van der Waals surface area contributed by atoms with E-state index < -0.39 is 0 Å². The van der Waals surface area contributed by atoms with Crippen LogP contribution in [-0.4, -0.2) is 44.1 Å². The van der Waals surface area contributed by atoms with E-state index in [0.29, 0.717) is 19.8 Å². The monoisotopic (exact) mass is 278 g/mol. The summed E-state index contributed by atoms with van der Waals surface area (Å²) in [6.07, 6.45) is 0.677. The van der Waals surface area contributed by atoms with Gasteiger partial charge in [0.25, 0.3) is 0 Å². The quantitative estimate of drug-likeness (QED) is 0.749. The first kappa shape index (κ1) is 13.7. The third kappa shape index (κ3) is 3.06. The van der Waals surface area contributed by atoms with Gasteiger partial charge in [0.1, 0.15) is 0 Å². The zero-order valence-corrected chi connectivity index (χ0v) is 11.6. The van der Waals surface area contributed by atoms with Gasteiger partial charge in [0.15, 0.2) is 11.5 Å². The van der Waals surface area contributed by atoms with Crippen molar-refractivity contribution in [3.05, 3.63) is 23.8 Å². The fourth-order valence-corrected chi connectivity index (χ4v) is 2.71. The zero-order chi connectivity index (χ0) is 13.8. The SMILES string of the molecule is OC1CNCC1CNCc1cccc2c1OCCCO2. The Balaban J connectivity index is 1.60. The lowest BCUT2D eigenvalue weighted by Crippen LogP contribution is -2.30. The van der Waals surface area contributed by atoms with Gasteiger partial charge in [0.2, 0.25) is 0 Å². The maximum absolute atomic E-state index is 9.77. The lowest BCUT2D eigenvalue weighted by Gasteiger charge is -2.16. The molecule has 0 aliphatic carbocycles. The number of nitrogens with one attached hydrogen (secondary N) is 2. The zero-order valence-electron chi connectivity index (χ0n) is 11.6. The van der Waals surface area contributed by atoms with Crippen molar-refractivity contribution in [1.29, 1.82) is 0 Å². The van der Waals surface area contributed by atoms with Gasteiger partial charge in [-0.1, -0.05) is 12.1 Å². The molecule has 1 fully saturated rings. The number of para-hydroxylation sites is 1. The number of rotatable bonds is 4. The highest BCUT2D eigenvalue weighted by Crippen LogP contribution is 2.33. The molecule has 0 radical (unpaired) electrons. The minimum atomic E-state index is -0.241. The van der Waals surface area contributed by atoms with Crippen molar-refractivity contribution < 1.29 is 14.6 Å². The molecule has 5 nitrogen and oxygen atoms in total. The van der Waals surface area contributed by atoms with Crippen LogP contribution in [0.1, 0.15) is 12.0 Å². The Morgan fingerprint density at radius 2 is 2.15 bits per heavy atom. The molecule has 2 atom stereocenters. The Bertz CT molecular complexity index is 453. The lowest BCUT2D eigenvalue weighted by atomic mass is 10.1. The second kappa shape index (κ2) is 6.43. The molecule has 110 valence electrons. The number of benzene rings is 1. The standard InChI is InChI=1S/C15H22N2O3/c18-13-10-17-9-12(13)8-16-7-11-3-1-4-14-15(11)20-6-2-5-19-14/h1,3-4,12-13,16-18H,2,5-10H2. The van der Waals surface area contributed by atoms with Gasteiger partial charge in [-0.05, 0) is 6.07 Å². The third-order valence-electron chi connectivity index (χ3n) is 3.88. The van der Waals surface area contributed by atoms with E-state index in [0.717, 1.165) is 43.1 Å². The van der Waals surface area contributed by atoms with Crippen molar-refractivity contribution in [3.63, 3.8) is 0 Å². The lowest BCUT2D eigenvalue weighted by molar-refractivity contribution is 0.146. The van der Waals surface area contributed by atoms with E-state index in [1.54, 1.807) is 0 Å². The summed E-state index contributed by atoms with van der Waals surface area (Å²) in [6.45, 7) is 4.53. The summed E-state index contributed by atoms with van der Waals surface area (Å²) >= 11 is 0. The predicted molar refractivity (Wildman–Crippen MR) is 76.1 cm³/mol. The van der Waals surface area contributed by atoms with Crippen molar-refractivity contribution in [2.45, 2.75) is 19.1 Å². The molecule has 1 aromatic carbocycles. The first-order chi connectivity index (χ1) is 9.84. The van der Waals surface area contributed by atoms with E-state index in [2.05, 4.69) is 16.7 Å². The molecule has 1 saturated heterocycles. The predicted octanol–water partition coefficient (Wildman–Crippen LogP) is 0.518. The largest absolute Gasteiger partial charge is 0.490 e. The van der Waals surface area contributed by atoms with Crippen molar-refractivity contribution in [3.8, 4) is 11.5 Å². The summed E-state index contributed by atoms with van der Waals surface area (Å²) < 4.78 is 11.5. The molecular weight excluding hydrogens is 256 g/mol. The van der Waals surface area contributed by atoms with E-state index in [9.17, 15) is 5.11 Å². The number of aliphatic hydroxyl groups is 1. The van der Waals surface area contributed by atoms with Gasteiger partial charge in [0, 0.05) is 44.1 Å². The van der Waals surface area contributed by atoms with E-state index in [-0.39, 0.29) is 12.0 Å². The normalized spacial score (nSPS) is 25.4. The van der Waals surface area contributed by atoms with Crippen molar-refractivity contribution in [1.82, 2.24) is 10.6 Å². The molecule has 0 amide bonds. The van der Waals surface area contributed by atoms with Gasteiger partial charge in [-0.3, -0.25) is 0 Å². The van der Waals surface area contributed by atoms with E-state index >= 15 is 0 Å². The molecule has 0 spiro atoms.